The number of ether oxygens (including phenoxy) is 3. The molecule has 2 heterocycles. The van der Waals surface area contributed by atoms with Crippen molar-refractivity contribution < 1.29 is 47.2 Å². The van der Waals surface area contributed by atoms with E-state index in [-0.39, 0.29) is 42.6 Å². The van der Waals surface area contributed by atoms with Gasteiger partial charge in [-0.15, -0.1) is 0 Å². The second kappa shape index (κ2) is 11.3. The average molecular weight is 547 g/mol. The molecule has 1 amide bonds. The summed E-state index contributed by atoms with van der Waals surface area (Å²) in [4.78, 5) is 12.2. The van der Waals surface area contributed by atoms with Gasteiger partial charge in [-0.05, 0) is 49.2 Å². The summed E-state index contributed by atoms with van der Waals surface area (Å²) in [6.45, 7) is 1.10. The van der Waals surface area contributed by atoms with Crippen molar-refractivity contribution in [2.45, 2.75) is 49.0 Å². The molecule has 0 spiro atoms. The third-order valence-electron chi connectivity index (χ3n) is 6.28. The molecule has 2 aliphatic heterocycles. The Morgan fingerprint density at radius 3 is 2.22 bits per heavy atom. The van der Waals surface area contributed by atoms with Crippen LogP contribution in [0.4, 0.5) is 13.2 Å². The van der Waals surface area contributed by atoms with Gasteiger partial charge < -0.3 is 14.2 Å². The third-order valence-corrected chi connectivity index (χ3v) is 8.22. The van der Waals surface area contributed by atoms with Crippen LogP contribution in [-0.2, 0) is 20.9 Å². The quantitative estimate of drug-likeness (QED) is 0.400. The number of amides is 1. The number of halogens is 3. The van der Waals surface area contributed by atoms with Gasteiger partial charge in [-0.1, -0.05) is 6.07 Å². The van der Waals surface area contributed by atoms with Crippen LogP contribution in [0.1, 0.15) is 43.0 Å². The standard InChI is InChI=1S/C24H27F3N2O7S.H2/c25-24(26,27)16-4-6-17(7-5-16)35-18-8-12-29(13-9-18)37(32,33)21-3-1-2-20(22(21)23(30)28-31)36-19-10-14-34-15-11-19;/h1-7,18-19,31H,8-15H2,(H,28,30);1H. The number of carbonyl (C=O) groups excluding carboxylic acids is 1. The first-order valence-electron chi connectivity index (χ1n) is 11.8. The highest BCUT2D eigenvalue weighted by Crippen LogP contribution is 2.33. The first-order valence-corrected chi connectivity index (χ1v) is 13.2. The number of nitrogens with one attached hydrogen (secondary N) is 1. The molecular weight excluding hydrogens is 517 g/mol. The summed E-state index contributed by atoms with van der Waals surface area (Å²) in [6.07, 6.45) is -3.38. The molecule has 2 aromatic rings. The summed E-state index contributed by atoms with van der Waals surface area (Å²) in [5, 5.41) is 9.29. The van der Waals surface area contributed by atoms with Crippen molar-refractivity contribution in [2.75, 3.05) is 26.3 Å². The zero-order valence-corrected chi connectivity index (χ0v) is 20.6. The molecule has 0 saturated carbocycles. The van der Waals surface area contributed by atoms with Crippen LogP contribution in [0.5, 0.6) is 11.5 Å². The maximum absolute atomic E-state index is 13.5. The number of nitrogens with zero attached hydrogens (tertiary/aromatic N) is 1. The van der Waals surface area contributed by atoms with Crippen LogP contribution in [-0.4, -0.2) is 62.3 Å². The minimum Gasteiger partial charge on any atom is -0.490 e. The number of rotatable bonds is 7. The van der Waals surface area contributed by atoms with Crippen molar-refractivity contribution in [2.24, 2.45) is 0 Å². The predicted molar refractivity (Wildman–Crippen MR) is 126 cm³/mol. The summed E-state index contributed by atoms with van der Waals surface area (Å²) < 4.78 is 83.5. The second-order valence-corrected chi connectivity index (χ2v) is 10.6. The molecule has 13 heteroatoms. The Morgan fingerprint density at radius 1 is 1.00 bits per heavy atom. The number of piperidine rings is 1. The van der Waals surface area contributed by atoms with Crippen LogP contribution < -0.4 is 15.0 Å². The summed E-state index contributed by atoms with van der Waals surface area (Å²) in [5.74, 6) is -0.712. The molecule has 0 atom stereocenters. The summed E-state index contributed by atoms with van der Waals surface area (Å²) in [5.41, 5.74) is 0.427. The topological polar surface area (TPSA) is 114 Å². The number of hydrogen-bond acceptors (Lipinski definition) is 7. The molecule has 0 radical (unpaired) electrons. The van der Waals surface area contributed by atoms with Crippen LogP contribution >= 0.6 is 0 Å². The SMILES string of the molecule is O=C(NO)c1c(OC2CCOCC2)cccc1S(=O)(=O)N1CCC(Oc2ccc(C(F)(F)F)cc2)CC1.[HH]. The molecule has 4 rings (SSSR count). The van der Waals surface area contributed by atoms with Gasteiger partial charge in [0.2, 0.25) is 10.0 Å². The molecule has 2 fully saturated rings. The van der Waals surface area contributed by atoms with E-state index in [0.29, 0.717) is 38.9 Å². The molecule has 2 saturated heterocycles. The molecule has 204 valence electrons. The molecule has 2 aliphatic rings. The van der Waals surface area contributed by atoms with Crippen molar-refractivity contribution in [1.29, 1.82) is 0 Å². The molecule has 9 nitrogen and oxygen atoms in total. The Balaban J connectivity index is 0.00000400. The highest BCUT2D eigenvalue weighted by Gasteiger charge is 2.35. The molecule has 37 heavy (non-hydrogen) atoms. The van der Waals surface area contributed by atoms with Gasteiger partial charge in [0.25, 0.3) is 5.91 Å². The van der Waals surface area contributed by atoms with Crippen molar-refractivity contribution in [1.82, 2.24) is 9.79 Å². The van der Waals surface area contributed by atoms with Crippen LogP contribution in [0.2, 0.25) is 0 Å². The Bertz CT molecular complexity index is 1200. The minimum absolute atomic E-state index is 0. The van der Waals surface area contributed by atoms with Crippen molar-refractivity contribution >= 4 is 15.9 Å². The van der Waals surface area contributed by atoms with Gasteiger partial charge in [-0.2, -0.15) is 17.5 Å². The Hall–Kier alpha value is -2.87. The van der Waals surface area contributed by atoms with Crippen LogP contribution in [0.3, 0.4) is 0 Å². The maximum atomic E-state index is 13.5. The molecule has 2 N–H and O–H groups in total. The molecular formula is C24H29F3N2O7S. The fourth-order valence-corrected chi connectivity index (χ4v) is 5.99. The largest absolute Gasteiger partial charge is 0.490 e. The Kier molecular flexibility index (Phi) is 8.26. The first-order chi connectivity index (χ1) is 17.6. The smallest absolute Gasteiger partial charge is 0.416 e. The molecule has 0 bridgehead atoms. The number of hydrogen-bond donors (Lipinski definition) is 2. The van der Waals surface area contributed by atoms with E-state index in [0.717, 1.165) is 12.1 Å². The summed E-state index contributed by atoms with van der Waals surface area (Å²) in [6, 6.07) is 8.54. The second-order valence-electron chi connectivity index (χ2n) is 8.74. The lowest BCUT2D eigenvalue weighted by molar-refractivity contribution is -0.137. The van der Waals surface area contributed by atoms with E-state index in [9.17, 15) is 31.6 Å². The van der Waals surface area contributed by atoms with E-state index in [2.05, 4.69) is 0 Å². The minimum atomic E-state index is -4.45. The normalized spacial score (nSPS) is 18.4. The number of alkyl halides is 3. The van der Waals surface area contributed by atoms with E-state index < -0.39 is 33.8 Å². The lowest BCUT2D eigenvalue weighted by Crippen LogP contribution is -2.42. The highest BCUT2D eigenvalue weighted by atomic mass is 32.2. The third kappa shape index (κ3) is 6.35. The monoisotopic (exact) mass is 546 g/mol. The lowest BCUT2D eigenvalue weighted by atomic mass is 10.1. The van der Waals surface area contributed by atoms with Crippen molar-refractivity contribution in [3.05, 3.63) is 53.6 Å². The highest BCUT2D eigenvalue weighted by molar-refractivity contribution is 7.89. The van der Waals surface area contributed by atoms with Gasteiger partial charge in [0.1, 0.15) is 29.3 Å². The van der Waals surface area contributed by atoms with Crippen molar-refractivity contribution in [3.8, 4) is 11.5 Å². The number of benzene rings is 2. The molecule has 0 unspecified atom stereocenters. The van der Waals surface area contributed by atoms with Gasteiger partial charge in [-0.25, -0.2) is 13.9 Å². The molecule has 2 aromatic carbocycles. The number of carbonyl (C=O) groups is 1. The fraction of sp³-hybridized carbons (Fsp3) is 0.458. The fourth-order valence-electron chi connectivity index (χ4n) is 4.32. The maximum Gasteiger partial charge on any atom is 0.416 e. The Labute approximate surface area is 213 Å². The Morgan fingerprint density at radius 2 is 1.62 bits per heavy atom. The predicted octanol–water partition coefficient (Wildman–Crippen LogP) is 3.86. The van der Waals surface area contributed by atoms with E-state index in [1.807, 2.05) is 0 Å². The molecule has 0 aliphatic carbocycles. The van der Waals surface area contributed by atoms with Gasteiger partial charge in [-0.3, -0.25) is 10.0 Å². The lowest BCUT2D eigenvalue weighted by Gasteiger charge is -2.32. The van der Waals surface area contributed by atoms with Crippen LogP contribution in [0.25, 0.3) is 0 Å². The zero-order chi connectivity index (χ0) is 26.6. The van der Waals surface area contributed by atoms with Crippen molar-refractivity contribution in [3.63, 3.8) is 0 Å². The average Bonchev–Trinajstić information content (AvgIpc) is 2.89. The van der Waals surface area contributed by atoms with Gasteiger partial charge in [0.15, 0.2) is 0 Å². The summed E-state index contributed by atoms with van der Waals surface area (Å²) in [7, 11) is -4.15. The zero-order valence-electron chi connectivity index (χ0n) is 19.7. The van der Waals surface area contributed by atoms with E-state index in [1.165, 1.54) is 40.1 Å². The van der Waals surface area contributed by atoms with Gasteiger partial charge in [0.05, 0.1) is 23.7 Å². The van der Waals surface area contributed by atoms with Gasteiger partial charge in [0, 0.05) is 27.4 Å². The van der Waals surface area contributed by atoms with E-state index in [1.54, 1.807) is 0 Å². The number of sulfonamides is 1. The van der Waals surface area contributed by atoms with Crippen LogP contribution in [0, 0.1) is 0 Å². The van der Waals surface area contributed by atoms with Crippen LogP contribution in [0.15, 0.2) is 47.4 Å². The first kappa shape index (κ1) is 27.2. The van der Waals surface area contributed by atoms with Gasteiger partial charge >= 0.3 is 6.18 Å². The summed E-state index contributed by atoms with van der Waals surface area (Å²) >= 11 is 0. The van der Waals surface area contributed by atoms with E-state index in [4.69, 9.17) is 14.2 Å². The molecule has 0 aromatic heterocycles. The van der Waals surface area contributed by atoms with E-state index >= 15 is 0 Å². The number of hydroxylamine groups is 1.